The summed E-state index contributed by atoms with van der Waals surface area (Å²) in [6, 6.07) is 6.91. The van der Waals surface area contributed by atoms with Crippen LogP contribution in [0, 0.1) is 5.82 Å². The van der Waals surface area contributed by atoms with Crippen molar-refractivity contribution in [3.8, 4) is 0 Å². The van der Waals surface area contributed by atoms with Gasteiger partial charge in [-0.2, -0.15) is 5.10 Å². The van der Waals surface area contributed by atoms with Crippen LogP contribution in [0.2, 0.25) is 0 Å². The molecule has 0 aliphatic carbocycles. The first-order valence-electron chi connectivity index (χ1n) is 5.76. The first-order valence-corrected chi connectivity index (χ1v) is 7.25. The molecule has 6 nitrogen and oxygen atoms in total. The van der Waals surface area contributed by atoms with Gasteiger partial charge in [-0.25, -0.2) is 12.8 Å². The molecule has 0 aliphatic rings. The predicted octanol–water partition coefficient (Wildman–Crippen LogP) is 1.14. The fraction of sp³-hybridized carbons (Fsp3) is 0.167. The van der Waals surface area contributed by atoms with Crippen molar-refractivity contribution in [2.45, 2.75) is 11.4 Å². The van der Waals surface area contributed by atoms with Crippen molar-refractivity contribution in [2.24, 2.45) is 0 Å². The first kappa shape index (κ1) is 14.4. The Morgan fingerprint density at radius 2 is 2.10 bits per heavy atom. The molecule has 106 valence electrons. The number of benzene rings is 1. The van der Waals surface area contributed by atoms with Gasteiger partial charge >= 0.3 is 0 Å². The molecule has 0 fully saturated rings. The van der Waals surface area contributed by atoms with Crippen LogP contribution in [0.3, 0.4) is 0 Å². The van der Waals surface area contributed by atoms with E-state index in [9.17, 15) is 12.8 Å². The van der Waals surface area contributed by atoms with Crippen LogP contribution in [-0.4, -0.2) is 25.7 Å². The van der Waals surface area contributed by atoms with Crippen molar-refractivity contribution in [3.63, 3.8) is 0 Å². The molecule has 1 aromatic carbocycles. The molecule has 2 aromatic rings. The third-order valence-electron chi connectivity index (χ3n) is 2.48. The van der Waals surface area contributed by atoms with Crippen LogP contribution in [0.1, 0.15) is 5.56 Å². The van der Waals surface area contributed by atoms with E-state index < -0.39 is 20.7 Å². The maximum Gasteiger partial charge on any atom is 0.266 e. The molecule has 0 bridgehead atoms. The normalized spacial score (nSPS) is 11.3. The molecule has 0 spiro atoms. The lowest BCUT2D eigenvalue weighted by molar-refractivity contribution is 0.568. The molecule has 0 radical (unpaired) electrons. The Kier molecular flexibility index (Phi) is 4.26. The summed E-state index contributed by atoms with van der Waals surface area (Å²) in [5.41, 5.74) is 0.656. The maximum absolute atomic E-state index is 13.9. The second-order valence-corrected chi connectivity index (χ2v) is 5.66. The quantitative estimate of drug-likeness (QED) is 0.864. The van der Waals surface area contributed by atoms with Crippen molar-refractivity contribution in [1.29, 1.82) is 0 Å². The summed E-state index contributed by atoms with van der Waals surface area (Å²) in [5.74, 6) is -0.777. The monoisotopic (exact) mass is 296 g/mol. The van der Waals surface area contributed by atoms with Gasteiger partial charge in [0.25, 0.3) is 10.0 Å². The van der Waals surface area contributed by atoms with Gasteiger partial charge in [0, 0.05) is 12.7 Å². The summed E-state index contributed by atoms with van der Waals surface area (Å²) in [7, 11) is -2.30. The van der Waals surface area contributed by atoms with Gasteiger partial charge in [-0.3, -0.25) is 4.72 Å². The zero-order chi connectivity index (χ0) is 14.6. The van der Waals surface area contributed by atoms with Crippen molar-refractivity contribution in [2.75, 3.05) is 11.8 Å². The highest BCUT2D eigenvalue weighted by molar-refractivity contribution is 7.92. The minimum Gasteiger partial charge on any atom is -0.316 e. The Bertz CT molecular complexity index is 692. The lowest BCUT2D eigenvalue weighted by atomic mass is 10.2. The van der Waals surface area contributed by atoms with Crippen molar-refractivity contribution >= 4 is 15.8 Å². The summed E-state index contributed by atoms with van der Waals surface area (Å²) in [6.45, 7) is 0.453. The summed E-state index contributed by atoms with van der Waals surface area (Å²) in [6.07, 6.45) is 1.41. The van der Waals surface area contributed by atoms with Crippen LogP contribution in [0.4, 0.5) is 10.2 Å². The van der Waals surface area contributed by atoms with Crippen molar-refractivity contribution in [1.82, 2.24) is 15.5 Å². The predicted molar refractivity (Wildman–Crippen MR) is 72.0 cm³/mol. The number of sulfonamides is 1. The lowest BCUT2D eigenvalue weighted by Crippen LogP contribution is -2.16. The van der Waals surface area contributed by atoms with Gasteiger partial charge in [-0.1, -0.05) is 6.07 Å². The molecule has 8 heteroatoms. The molecule has 0 saturated heterocycles. The molecule has 1 heterocycles. The van der Waals surface area contributed by atoms with E-state index in [1.54, 1.807) is 13.1 Å². The molecule has 20 heavy (non-hydrogen) atoms. The molecule has 0 atom stereocenters. The smallest absolute Gasteiger partial charge is 0.266 e. The Morgan fingerprint density at radius 1 is 1.30 bits per heavy atom. The fourth-order valence-electron chi connectivity index (χ4n) is 1.62. The molecular weight excluding hydrogens is 283 g/mol. The Morgan fingerprint density at radius 3 is 2.70 bits per heavy atom. The number of rotatable bonds is 5. The largest absolute Gasteiger partial charge is 0.316 e. The maximum atomic E-state index is 13.9. The van der Waals surface area contributed by atoms with Crippen LogP contribution < -0.4 is 10.0 Å². The SMILES string of the molecule is CNCc1ccc(S(=O)(=O)Nc2cccnn2)c(F)c1. The second kappa shape index (κ2) is 5.93. The van der Waals surface area contributed by atoms with Crippen molar-refractivity contribution in [3.05, 3.63) is 47.9 Å². The van der Waals surface area contributed by atoms with Gasteiger partial charge < -0.3 is 5.32 Å². The highest BCUT2D eigenvalue weighted by Crippen LogP contribution is 2.18. The van der Waals surface area contributed by atoms with Gasteiger partial charge in [-0.15, -0.1) is 5.10 Å². The molecule has 1 aromatic heterocycles. The minimum absolute atomic E-state index is 0.0335. The van der Waals surface area contributed by atoms with Gasteiger partial charge in [0.15, 0.2) is 5.82 Å². The van der Waals surface area contributed by atoms with E-state index in [2.05, 4.69) is 20.2 Å². The van der Waals surface area contributed by atoms with E-state index in [4.69, 9.17) is 0 Å². The zero-order valence-electron chi connectivity index (χ0n) is 10.7. The van der Waals surface area contributed by atoms with Crippen LogP contribution in [0.5, 0.6) is 0 Å². The van der Waals surface area contributed by atoms with Crippen LogP contribution in [0.25, 0.3) is 0 Å². The van der Waals surface area contributed by atoms with E-state index in [0.717, 1.165) is 0 Å². The standard InChI is InChI=1S/C12H13FN4O2S/c1-14-8-9-4-5-11(10(13)7-9)20(18,19)17-12-3-2-6-15-16-12/h2-7,14H,8H2,1H3,(H,16,17). The van der Waals surface area contributed by atoms with E-state index in [-0.39, 0.29) is 5.82 Å². The first-order chi connectivity index (χ1) is 9.53. The average Bonchev–Trinajstić information content (AvgIpc) is 2.39. The zero-order valence-corrected chi connectivity index (χ0v) is 11.5. The third-order valence-corrected chi connectivity index (χ3v) is 3.87. The van der Waals surface area contributed by atoms with Crippen molar-refractivity contribution < 1.29 is 12.8 Å². The average molecular weight is 296 g/mol. The third kappa shape index (κ3) is 3.28. The Balaban J connectivity index is 2.30. The Labute approximate surface area is 116 Å². The molecule has 2 rings (SSSR count). The van der Waals surface area contributed by atoms with Gasteiger partial charge in [0.05, 0.1) is 0 Å². The van der Waals surface area contributed by atoms with Gasteiger partial charge in [0.2, 0.25) is 0 Å². The number of anilines is 1. The summed E-state index contributed by atoms with van der Waals surface area (Å²) in [4.78, 5) is -0.428. The number of nitrogens with one attached hydrogen (secondary N) is 2. The number of nitrogens with zero attached hydrogens (tertiary/aromatic N) is 2. The molecule has 0 unspecified atom stereocenters. The van der Waals surface area contributed by atoms with Crippen LogP contribution in [-0.2, 0) is 16.6 Å². The number of hydrogen-bond donors (Lipinski definition) is 2. The lowest BCUT2D eigenvalue weighted by Gasteiger charge is -2.08. The molecule has 2 N–H and O–H groups in total. The van der Waals surface area contributed by atoms with Crippen LogP contribution >= 0.6 is 0 Å². The highest BCUT2D eigenvalue weighted by atomic mass is 32.2. The summed E-state index contributed by atoms with van der Waals surface area (Å²) in [5, 5.41) is 10.00. The number of aromatic nitrogens is 2. The van der Waals surface area contributed by atoms with E-state index in [0.29, 0.717) is 12.1 Å². The molecule has 0 aliphatic heterocycles. The molecule has 0 amide bonds. The topological polar surface area (TPSA) is 84.0 Å². The van der Waals surface area contributed by atoms with E-state index in [1.807, 2.05) is 0 Å². The molecule has 0 saturated carbocycles. The van der Waals surface area contributed by atoms with Gasteiger partial charge in [0.1, 0.15) is 10.7 Å². The second-order valence-electron chi connectivity index (χ2n) is 4.01. The summed E-state index contributed by atoms with van der Waals surface area (Å²) >= 11 is 0. The number of hydrogen-bond acceptors (Lipinski definition) is 5. The van der Waals surface area contributed by atoms with E-state index in [1.165, 1.54) is 30.5 Å². The van der Waals surface area contributed by atoms with E-state index >= 15 is 0 Å². The summed E-state index contributed by atoms with van der Waals surface area (Å²) < 4.78 is 40.2. The highest BCUT2D eigenvalue weighted by Gasteiger charge is 2.19. The minimum atomic E-state index is -4.02. The Hall–Kier alpha value is -2.06. The van der Waals surface area contributed by atoms with Gasteiger partial charge in [-0.05, 0) is 36.9 Å². The fourth-order valence-corrected chi connectivity index (χ4v) is 2.68. The van der Waals surface area contributed by atoms with Crippen LogP contribution in [0.15, 0.2) is 41.4 Å². The molecular formula is C12H13FN4O2S. The number of halogens is 1.